The molecule has 2 fully saturated rings. The number of benzene rings is 4. The highest BCUT2D eigenvalue weighted by Gasteiger charge is 2.53. The molecule has 1 aromatic heterocycles. The summed E-state index contributed by atoms with van der Waals surface area (Å²) in [5.74, 6) is -2.29. The molecule has 1 unspecified atom stereocenters. The highest BCUT2D eigenvalue weighted by atomic mass is 31.2. The Morgan fingerprint density at radius 3 is 1.76 bits per heavy atom. The smallest absolute Gasteiger partial charge is 0.409 e. The number of hydrogen-bond acceptors (Lipinski definition) is 21. The first-order chi connectivity index (χ1) is 41.2. The number of nitrogens with zero attached hydrogens (tertiary/aromatic N) is 3. The first kappa shape index (κ1) is 66.2. The van der Waals surface area contributed by atoms with E-state index in [1.54, 1.807) is 49.2 Å². The number of amides is 1. The van der Waals surface area contributed by atoms with Gasteiger partial charge < -0.3 is 57.4 Å². The van der Waals surface area contributed by atoms with Gasteiger partial charge in [-0.2, -0.15) is 4.98 Å². The molecule has 0 radical (unpaired) electrons. The zero-order chi connectivity index (χ0) is 62.1. The van der Waals surface area contributed by atoms with Gasteiger partial charge in [-0.1, -0.05) is 72.8 Å². The summed E-state index contributed by atoms with van der Waals surface area (Å²) in [7, 11) is -1.24. The molecule has 9 atom stereocenters. The zero-order valence-corrected chi connectivity index (χ0v) is 50.6. The SMILES string of the molecule is COc1ccc(C(OC[C@H]2O[C@@H](n3ccc(NC(=O)c4ccccc4)nc3=O)C[C@@H]2OP(=O)(OCCOCCO[C@@H]2O[C@H](COC(C)=O)[C@@H](OC(C)=O)[C@H](OC(C)=O)[C@H]2OC(C)=O)N(C(C)C)C(C)C)(c2ccccc2)c2ccc(OC)cc2)cc1. The largest absolute Gasteiger partial charge is 0.497 e. The summed E-state index contributed by atoms with van der Waals surface area (Å²) in [5.41, 5.74) is 0.468. The number of rotatable bonds is 29. The van der Waals surface area contributed by atoms with Crippen LogP contribution in [0.1, 0.15) is 95.1 Å². The molecule has 0 spiro atoms. The molecule has 1 N–H and O–H groups in total. The third kappa shape index (κ3) is 17.0. The highest BCUT2D eigenvalue weighted by Crippen LogP contribution is 2.57. The van der Waals surface area contributed by atoms with Gasteiger partial charge in [0.15, 0.2) is 24.6 Å². The lowest BCUT2D eigenvalue weighted by atomic mass is 9.80. The Labute approximate surface area is 499 Å². The highest BCUT2D eigenvalue weighted by molar-refractivity contribution is 7.51. The summed E-state index contributed by atoms with van der Waals surface area (Å²) in [5, 5.41) is 2.67. The Kier molecular flexibility index (Phi) is 23.7. The van der Waals surface area contributed by atoms with Crippen molar-refractivity contribution in [3.05, 3.63) is 154 Å². The monoisotopic (exact) mass is 1210 g/mol. The first-order valence-electron chi connectivity index (χ1n) is 28.0. The van der Waals surface area contributed by atoms with Crippen LogP contribution in [0.4, 0.5) is 5.82 Å². The average Bonchev–Trinajstić information content (AvgIpc) is 1.14. The van der Waals surface area contributed by atoms with Crippen molar-refractivity contribution in [2.24, 2.45) is 0 Å². The van der Waals surface area contributed by atoms with Crippen LogP contribution in [-0.4, -0.2) is 153 Å². The van der Waals surface area contributed by atoms with Crippen LogP contribution in [0.2, 0.25) is 0 Å². The van der Waals surface area contributed by atoms with Crippen LogP contribution in [0.15, 0.2) is 126 Å². The van der Waals surface area contributed by atoms with Crippen LogP contribution in [0.5, 0.6) is 11.5 Å². The van der Waals surface area contributed by atoms with Crippen molar-refractivity contribution in [1.29, 1.82) is 0 Å². The van der Waals surface area contributed by atoms with Gasteiger partial charge in [-0.05, 0) is 86.8 Å². The Hall–Kier alpha value is -7.38. The fourth-order valence-electron chi connectivity index (χ4n) is 10.2. The number of carbonyl (C=O) groups excluding carboxylic acids is 5. The van der Waals surface area contributed by atoms with Crippen molar-refractivity contribution in [2.45, 2.75) is 129 Å². The second kappa shape index (κ2) is 30.8. The maximum Gasteiger partial charge on any atom is 0.409 e. The molecule has 5 aromatic rings. The van der Waals surface area contributed by atoms with Gasteiger partial charge in [0, 0.05) is 58.0 Å². The Bertz CT molecular complexity index is 3090. The molecule has 4 aromatic carbocycles. The number of esters is 4. The van der Waals surface area contributed by atoms with E-state index in [9.17, 15) is 28.8 Å². The minimum atomic E-state index is -4.40. The number of carbonyl (C=O) groups is 5. The minimum Gasteiger partial charge on any atom is -0.497 e. The van der Waals surface area contributed by atoms with Crippen LogP contribution in [0.3, 0.4) is 0 Å². The molecule has 2 aliphatic rings. The molecule has 0 saturated carbocycles. The van der Waals surface area contributed by atoms with Gasteiger partial charge in [0.2, 0.25) is 0 Å². The van der Waals surface area contributed by atoms with Gasteiger partial charge in [-0.3, -0.25) is 37.6 Å². The lowest BCUT2D eigenvalue weighted by Crippen LogP contribution is -2.63. The molecule has 464 valence electrons. The molecular weight excluding hydrogens is 1140 g/mol. The standard InChI is InChI=1S/C61H75N4O20P/c1-38(2)65(39(3)4)86(72,79-34-32-75-31-33-76-59-57(82-43(8)69)56(81-42(7)68)55(80-41(6)67)52(84-59)36-77-40(5)66)85-50-35-54(64-30-29-53(63-60(64)71)62-58(70)44-17-13-11-14-18-44)83-51(50)37-78-61(45-19-15-12-16-20-45,46-21-25-48(73-9)26-22-46)47-23-27-49(74-10)28-24-47/h11-30,38-39,50-52,54-57,59H,31-37H2,1-10H3,(H,62,63,70,71)/t50-,51+,52+,54+,55+,56-,57+,59+,86?/m0/s1. The molecule has 0 aliphatic carbocycles. The van der Waals surface area contributed by atoms with Crippen LogP contribution in [-0.2, 0) is 81.0 Å². The van der Waals surface area contributed by atoms with Crippen molar-refractivity contribution in [2.75, 3.05) is 59.2 Å². The molecule has 2 aliphatic heterocycles. The van der Waals surface area contributed by atoms with Gasteiger partial charge in [-0.15, -0.1) is 0 Å². The van der Waals surface area contributed by atoms with Crippen molar-refractivity contribution in [3.63, 3.8) is 0 Å². The van der Waals surface area contributed by atoms with Gasteiger partial charge in [-0.25, -0.2) is 14.0 Å². The number of hydrogen-bond donors (Lipinski definition) is 1. The molecule has 1 amide bonds. The summed E-state index contributed by atoms with van der Waals surface area (Å²) >= 11 is 0. The van der Waals surface area contributed by atoms with Crippen LogP contribution in [0, 0.1) is 0 Å². The van der Waals surface area contributed by atoms with Gasteiger partial charge >= 0.3 is 37.3 Å². The maximum absolute atomic E-state index is 15.8. The summed E-state index contributed by atoms with van der Waals surface area (Å²) in [6.07, 6.45) is -8.75. The summed E-state index contributed by atoms with van der Waals surface area (Å²) in [6.45, 7) is 10.4. The molecule has 0 bridgehead atoms. The second-order valence-corrected chi connectivity index (χ2v) is 22.4. The number of ether oxygens (including phenoxy) is 11. The number of aromatic nitrogens is 2. The van der Waals surface area contributed by atoms with E-state index in [2.05, 4.69) is 10.3 Å². The quantitative estimate of drug-likeness (QED) is 0.0159. The maximum atomic E-state index is 15.8. The zero-order valence-electron chi connectivity index (χ0n) is 49.7. The van der Waals surface area contributed by atoms with Crippen molar-refractivity contribution < 1.29 is 89.7 Å². The summed E-state index contributed by atoms with van der Waals surface area (Å²) in [4.78, 5) is 80.0. The lowest BCUT2D eigenvalue weighted by Gasteiger charge is -2.44. The fraction of sp³-hybridized carbons (Fsp3) is 0.459. The first-order valence-corrected chi connectivity index (χ1v) is 29.5. The van der Waals surface area contributed by atoms with Crippen LogP contribution in [0.25, 0.3) is 0 Å². The summed E-state index contributed by atoms with van der Waals surface area (Å²) in [6, 6.07) is 33.7. The van der Waals surface area contributed by atoms with Gasteiger partial charge in [0.25, 0.3) is 5.91 Å². The van der Waals surface area contributed by atoms with E-state index < -0.39 is 117 Å². The molecular formula is C61H75N4O20P. The molecule has 3 heterocycles. The van der Waals surface area contributed by atoms with Crippen molar-refractivity contribution in [1.82, 2.24) is 14.2 Å². The van der Waals surface area contributed by atoms with Crippen LogP contribution >= 0.6 is 7.75 Å². The minimum absolute atomic E-state index is 0.00861. The number of methoxy groups -OCH3 is 2. The Morgan fingerprint density at radius 2 is 1.21 bits per heavy atom. The van der Waals surface area contributed by atoms with E-state index in [0.29, 0.717) is 17.1 Å². The summed E-state index contributed by atoms with van der Waals surface area (Å²) < 4.78 is 96.6. The van der Waals surface area contributed by atoms with E-state index >= 15 is 4.57 Å². The van der Waals surface area contributed by atoms with Gasteiger partial charge in [0.1, 0.15) is 54.1 Å². The average molecular weight is 1220 g/mol. The third-order valence-electron chi connectivity index (χ3n) is 13.8. The molecule has 25 heteroatoms. The predicted molar refractivity (Wildman–Crippen MR) is 309 cm³/mol. The van der Waals surface area contributed by atoms with Crippen LogP contribution < -0.4 is 20.5 Å². The van der Waals surface area contributed by atoms with Crippen molar-refractivity contribution in [3.8, 4) is 11.5 Å². The Morgan fingerprint density at radius 1 is 0.663 bits per heavy atom. The second-order valence-electron chi connectivity index (χ2n) is 20.6. The lowest BCUT2D eigenvalue weighted by molar-refractivity contribution is -0.309. The predicted octanol–water partition coefficient (Wildman–Crippen LogP) is 7.55. The molecule has 2 saturated heterocycles. The topological polar surface area (TPSA) is 273 Å². The number of anilines is 1. The number of nitrogens with one attached hydrogen (secondary N) is 1. The normalized spacial score (nSPS) is 21.1. The fourth-order valence-corrected chi connectivity index (χ4v) is 12.5. The molecule has 24 nitrogen and oxygen atoms in total. The third-order valence-corrected chi connectivity index (χ3v) is 16.3. The van der Waals surface area contributed by atoms with Gasteiger partial charge in [0.05, 0.1) is 47.3 Å². The van der Waals surface area contributed by atoms with E-state index in [0.717, 1.165) is 44.4 Å². The van der Waals surface area contributed by atoms with E-state index in [4.69, 9.17) is 61.2 Å². The van der Waals surface area contributed by atoms with E-state index in [-0.39, 0.29) is 45.3 Å². The van der Waals surface area contributed by atoms with Crippen molar-refractivity contribution >= 4 is 43.3 Å². The van der Waals surface area contributed by atoms with E-state index in [1.807, 2.05) is 107 Å². The Balaban J connectivity index is 1.16. The molecule has 7 rings (SSSR count). The van der Waals surface area contributed by atoms with E-state index in [1.165, 1.54) is 16.8 Å². The molecule has 86 heavy (non-hydrogen) atoms.